The zero-order valence-corrected chi connectivity index (χ0v) is 13.6. The summed E-state index contributed by atoms with van der Waals surface area (Å²) in [4.78, 5) is 28.3. The number of piperazine rings is 1. The monoisotopic (exact) mass is 333 g/mol. The number of benzene rings is 1. The summed E-state index contributed by atoms with van der Waals surface area (Å²) in [6.45, 7) is 6.07. The fraction of sp³-hybridized carbons (Fsp3) is 0.412. The number of carbonyl (C=O) groups is 1. The zero-order chi connectivity index (χ0) is 17.1. The Hall–Kier alpha value is -2.41. The van der Waals surface area contributed by atoms with Gasteiger partial charge in [-0.1, -0.05) is 6.92 Å². The number of likely N-dealkylation sites (N-methyl/N-ethyl adjacent to an activating group) is 1. The molecule has 24 heavy (non-hydrogen) atoms. The molecule has 1 aliphatic rings. The van der Waals surface area contributed by atoms with Crippen LogP contribution in [0.1, 0.15) is 6.92 Å². The summed E-state index contributed by atoms with van der Waals surface area (Å²) in [6.07, 6.45) is 1.50. The molecule has 1 aromatic heterocycles. The van der Waals surface area contributed by atoms with Crippen LogP contribution >= 0.6 is 0 Å². The molecule has 0 radical (unpaired) electrons. The van der Waals surface area contributed by atoms with Crippen LogP contribution in [0.25, 0.3) is 11.3 Å². The van der Waals surface area contributed by atoms with E-state index in [4.69, 9.17) is 4.42 Å². The van der Waals surface area contributed by atoms with Gasteiger partial charge in [0.05, 0.1) is 6.20 Å². The van der Waals surface area contributed by atoms with Crippen LogP contribution in [0.3, 0.4) is 0 Å². The standard InChI is InChI=1S/C17H20FN3O3/c1-2-19-7-9-20(10-8-19)16(22)12-21-11-15(24-17(21)23)13-3-5-14(18)6-4-13/h3-6,11H,2,7-10,12H2,1H3. The molecule has 0 saturated carbocycles. The maximum Gasteiger partial charge on any atom is 0.419 e. The quantitative estimate of drug-likeness (QED) is 0.849. The highest BCUT2D eigenvalue weighted by atomic mass is 19.1. The maximum absolute atomic E-state index is 13.0. The summed E-state index contributed by atoms with van der Waals surface area (Å²) in [6, 6.07) is 5.66. The largest absolute Gasteiger partial charge is 0.419 e. The molecule has 1 aromatic carbocycles. The van der Waals surface area contributed by atoms with Gasteiger partial charge in [0.2, 0.25) is 5.91 Å². The van der Waals surface area contributed by atoms with Crippen LogP contribution in [0.2, 0.25) is 0 Å². The van der Waals surface area contributed by atoms with Crippen LogP contribution in [0.5, 0.6) is 0 Å². The highest BCUT2D eigenvalue weighted by molar-refractivity contribution is 5.76. The molecule has 1 amide bonds. The molecular weight excluding hydrogens is 313 g/mol. The van der Waals surface area contributed by atoms with Crippen molar-refractivity contribution in [3.63, 3.8) is 0 Å². The Morgan fingerprint density at radius 2 is 1.83 bits per heavy atom. The molecule has 0 atom stereocenters. The Morgan fingerprint density at radius 3 is 2.46 bits per heavy atom. The Balaban J connectivity index is 1.68. The number of aromatic nitrogens is 1. The summed E-state index contributed by atoms with van der Waals surface area (Å²) >= 11 is 0. The van der Waals surface area contributed by atoms with Gasteiger partial charge < -0.3 is 14.2 Å². The van der Waals surface area contributed by atoms with Crippen LogP contribution < -0.4 is 5.76 Å². The lowest BCUT2D eigenvalue weighted by Gasteiger charge is -2.34. The zero-order valence-electron chi connectivity index (χ0n) is 13.6. The summed E-state index contributed by atoms with van der Waals surface area (Å²) in [5.74, 6) is -0.722. The number of halogens is 1. The molecule has 0 aliphatic carbocycles. The predicted molar refractivity (Wildman–Crippen MR) is 87.1 cm³/mol. The number of rotatable bonds is 4. The van der Waals surface area contributed by atoms with Crippen molar-refractivity contribution < 1.29 is 13.6 Å². The molecule has 2 heterocycles. The normalized spacial score (nSPS) is 15.7. The van der Waals surface area contributed by atoms with E-state index < -0.39 is 5.76 Å². The summed E-state index contributed by atoms with van der Waals surface area (Å²) in [5.41, 5.74) is 0.594. The Kier molecular flexibility index (Phi) is 4.80. The van der Waals surface area contributed by atoms with Crippen molar-refractivity contribution in [1.29, 1.82) is 0 Å². The molecule has 0 N–H and O–H groups in total. The third kappa shape index (κ3) is 3.56. The van der Waals surface area contributed by atoms with Crippen LogP contribution in [0.4, 0.5) is 4.39 Å². The summed E-state index contributed by atoms with van der Waals surface area (Å²) in [7, 11) is 0. The van der Waals surface area contributed by atoms with Crippen LogP contribution in [-0.4, -0.2) is 53.0 Å². The first kappa shape index (κ1) is 16.4. The molecule has 1 fully saturated rings. The number of oxazole rings is 1. The number of nitrogens with zero attached hydrogens (tertiary/aromatic N) is 3. The Labute approximate surface area is 139 Å². The Bertz CT molecular complexity index is 758. The maximum atomic E-state index is 13.0. The van der Waals surface area contributed by atoms with E-state index in [0.29, 0.717) is 24.4 Å². The highest BCUT2D eigenvalue weighted by Crippen LogP contribution is 2.18. The fourth-order valence-corrected chi connectivity index (χ4v) is 2.79. The Morgan fingerprint density at radius 1 is 1.17 bits per heavy atom. The first-order chi connectivity index (χ1) is 11.6. The van der Waals surface area contributed by atoms with Gasteiger partial charge in [-0.15, -0.1) is 0 Å². The molecule has 128 valence electrons. The number of amides is 1. The number of hydrogen-bond acceptors (Lipinski definition) is 4. The third-order valence-corrected chi connectivity index (χ3v) is 4.31. The van der Waals surface area contributed by atoms with Crippen LogP contribution in [-0.2, 0) is 11.3 Å². The molecule has 1 aliphatic heterocycles. The van der Waals surface area contributed by atoms with Gasteiger partial charge >= 0.3 is 5.76 Å². The average Bonchev–Trinajstić information content (AvgIpc) is 2.96. The molecular formula is C17H20FN3O3. The summed E-state index contributed by atoms with van der Waals surface area (Å²) < 4.78 is 19.4. The van der Waals surface area contributed by atoms with Gasteiger partial charge in [-0.2, -0.15) is 0 Å². The molecule has 0 unspecified atom stereocenters. The van der Waals surface area contributed by atoms with Crippen molar-refractivity contribution in [3.05, 3.63) is 46.8 Å². The van der Waals surface area contributed by atoms with Gasteiger partial charge in [0.15, 0.2) is 5.76 Å². The van der Waals surface area contributed by atoms with Crippen molar-refractivity contribution in [3.8, 4) is 11.3 Å². The SMILES string of the molecule is CCN1CCN(C(=O)Cn2cc(-c3ccc(F)cc3)oc2=O)CC1. The third-order valence-electron chi connectivity index (χ3n) is 4.31. The lowest BCUT2D eigenvalue weighted by atomic mass is 10.2. The molecule has 3 rings (SSSR count). The van der Waals surface area contributed by atoms with Gasteiger partial charge in [0, 0.05) is 31.7 Å². The molecule has 2 aromatic rings. The van der Waals surface area contributed by atoms with Gasteiger partial charge in [0.25, 0.3) is 0 Å². The van der Waals surface area contributed by atoms with Crippen molar-refractivity contribution >= 4 is 5.91 Å². The van der Waals surface area contributed by atoms with Crippen molar-refractivity contribution in [2.75, 3.05) is 32.7 Å². The minimum Gasteiger partial charge on any atom is -0.408 e. The summed E-state index contributed by atoms with van der Waals surface area (Å²) in [5, 5.41) is 0. The van der Waals surface area contributed by atoms with E-state index in [0.717, 1.165) is 19.6 Å². The molecule has 0 bridgehead atoms. The van der Waals surface area contributed by atoms with E-state index in [-0.39, 0.29) is 18.3 Å². The van der Waals surface area contributed by atoms with E-state index in [9.17, 15) is 14.0 Å². The molecule has 6 nitrogen and oxygen atoms in total. The minimum atomic E-state index is -0.588. The fourth-order valence-electron chi connectivity index (χ4n) is 2.79. The van der Waals surface area contributed by atoms with Crippen LogP contribution in [0.15, 0.2) is 39.7 Å². The van der Waals surface area contributed by atoms with E-state index in [1.54, 1.807) is 4.90 Å². The van der Waals surface area contributed by atoms with E-state index >= 15 is 0 Å². The first-order valence-electron chi connectivity index (χ1n) is 8.03. The minimum absolute atomic E-state index is 0.0460. The molecule has 1 saturated heterocycles. The second-order valence-electron chi connectivity index (χ2n) is 5.81. The molecule has 0 spiro atoms. The smallest absolute Gasteiger partial charge is 0.408 e. The van der Waals surface area contributed by atoms with Gasteiger partial charge in [0.1, 0.15) is 12.4 Å². The van der Waals surface area contributed by atoms with Crippen molar-refractivity contribution in [1.82, 2.24) is 14.4 Å². The lowest BCUT2D eigenvalue weighted by molar-refractivity contribution is -0.133. The highest BCUT2D eigenvalue weighted by Gasteiger charge is 2.21. The topological polar surface area (TPSA) is 58.7 Å². The van der Waals surface area contributed by atoms with Gasteiger partial charge in [-0.3, -0.25) is 9.36 Å². The predicted octanol–water partition coefficient (Wildman–Crippen LogP) is 1.41. The average molecular weight is 333 g/mol. The van der Waals surface area contributed by atoms with Gasteiger partial charge in [-0.25, -0.2) is 9.18 Å². The van der Waals surface area contributed by atoms with E-state index in [1.807, 2.05) is 0 Å². The second-order valence-corrected chi connectivity index (χ2v) is 5.81. The van der Waals surface area contributed by atoms with Crippen molar-refractivity contribution in [2.24, 2.45) is 0 Å². The number of carbonyl (C=O) groups excluding carboxylic acids is 1. The van der Waals surface area contributed by atoms with Crippen molar-refractivity contribution in [2.45, 2.75) is 13.5 Å². The second kappa shape index (κ2) is 7.00. The first-order valence-corrected chi connectivity index (χ1v) is 8.03. The lowest BCUT2D eigenvalue weighted by Crippen LogP contribution is -2.49. The van der Waals surface area contributed by atoms with E-state index in [1.165, 1.54) is 35.0 Å². The van der Waals surface area contributed by atoms with Gasteiger partial charge in [-0.05, 0) is 30.8 Å². The van der Waals surface area contributed by atoms with Crippen LogP contribution in [0, 0.1) is 5.82 Å². The molecule has 7 heteroatoms. The number of hydrogen-bond donors (Lipinski definition) is 0. The van der Waals surface area contributed by atoms with E-state index in [2.05, 4.69) is 11.8 Å².